The Morgan fingerprint density at radius 3 is 2.58 bits per heavy atom. The molecule has 0 aromatic rings. The van der Waals surface area contributed by atoms with Gasteiger partial charge in [-0.3, -0.25) is 4.21 Å². The SMILES string of the molecule is CN(CCF)C1CCS(=O)CC1. The predicted molar refractivity (Wildman–Crippen MR) is 49.5 cm³/mol. The standard InChI is InChI=1S/C8H16FNOS/c1-10(5-4-9)8-2-6-12(11)7-3-8/h8H,2-7H2,1H3. The lowest BCUT2D eigenvalue weighted by atomic mass is 10.1. The van der Waals surface area contributed by atoms with E-state index in [1.807, 2.05) is 11.9 Å². The van der Waals surface area contributed by atoms with Crippen molar-refractivity contribution in [3.63, 3.8) is 0 Å². The normalized spacial score (nSPS) is 30.9. The van der Waals surface area contributed by atoms with Gasteiger partial charge in [0.2, 0.25) is 0 Å². The molecule has 0 bridgehead atoms. The van der Waals surface area contributed by atoms with Crippen molar-refractivity contribution in [2.24, 2.45) is 0 Å². The fraction of sp³-hybridized carbons (Fsp3) is 1.00. The van der Waals surface area contributed by atoms with Crippen LogP contribution in [0.2, 0.25) is 0 Å². The highest BCUT2D eigenvalue weighted by atomic mass is 32.2. The smallest absolute Gasteiger partial charge is 0.102 e. The summed E-state index contributed by atoms with van der Waals surface area (Å²) in [5.41, 5.74) is 0. The van der Waals surface area contributed by atoms with E-state index in [2.05, 4.69) is 0 Å². The number of hydrogen-bond donors (Lipinski definition) is 0. The van der Waals surface area contributed by atoms with Crippen LogP contribution in [-0.2, 0) is 10.8 Å². The second-order valence-electron chi connectivity index (χ2n) is 3.25. The van der Waals surface area contributed by atoms with Gasteiger partial charge >= 0.3 is 0 Å². The fourth-order valence-corrected chi connectivity index (χ4v) is 2.81. The molecule has 0 unspecified atom stereocenters. The fourth-order valence-electron chi connectivity index (χ4n) is 1.54. The number of rotatable bonds is 3. The van der Waals surface area contributed by atoms with Gasteiger partial charge < -0.3 is 4.90 Å². The third kappa shape index (κ3) is 2.83. The molecular formula is C8H16FNOS. The van der Waals surface area contributed by atoms with Crippen LogP contribution in [0.4, 0.5) is 4.39 Å². The molecule has 0 radical (unpaired) electrons. The molecule has 1 heterocycles. The average Bonchev–Trinajstić information content (AvgIpc) is 2.06. The van der Waals surface area contributed by atoms with Crippen molar-refractivity contribution in [3.05, 3.63) is 0 Å². The van der Waals surface area contributed by atoms with Crippen molar-refractivity contribution in [1.29, 1.82) is 0 Å². The Hall–Kier alpha value is 0.0400. The average molecular weight is 193 g/mol. The van der Waals surface area contributed by atoms with Crippen LogP contribution in [0.5, 0.6) is 0 Å². The topological polar surface area (TPSA) is 20.3 Å². The monoisotopic (exact) mass is 193 g/mol. The molecular weight excluding hydrogens is 177 g/mol. The summed E-state index contributed by atoms with van der Waals surface area (Å²) in [4.78, 5) is 2.04. The summed E-state index contributed by atoms with van der Waals surface area (Å²) < 4.78 is 23.0. The highest BCUT2D eigenvalue weighted by Gasteiger charge is 2.20. The van der Waals surface area contributed by atoms with Crippen molar-refractivity contribution < 1.29 is 8.60 Å². The van der Waals surface area contributed by atoms with Crippen molar-refractivity contribution in [3.8, 4) is 0 Å². The summed E-state index contributed by atoms with van der Waals surface area (Å²) >= 11 is 0. The number of hydrogen-bond acceptors (Lipinski definition) is 2. The molecule has 4 heteroatoms. The van der Waals surface area contributed by atoms with Gasteiger partial charge in [0.25, 0.3) is 0 Å². The Morgan fingerprint density at radius 2 is 2.08 bits per heavy atom. The lowest BCUT2D eigenvalue weighted by molar-refractivity contribution is 0.210. The van der Waals surface area contributed by atoms with E-state index in [9.17, 15) is 8.60 Å². The zero-order valence-corrected chi connectivity index (χ0v) is 8.28. The largest absolute Gasteiger partial charge is 0.301 e. The molecule has 1 aliphatic rings. The molecule has 0 saturated carbocycles. The van der Waals surface area contributed by atoms with Gasteiger partial charge in [0.05, 0.1) is 0 Å². The Bertz CT molecular complexity index is 155. The molecule has 72 valence electrons. The second kappa shape index (κ2) is 4.92. The van der Waals surface area contributed by atoms with Crippen LogP contribution in [0.1, 0.15) is 12.8 Å². The zero-order valence-electron chi connectivity index (χ0n) is 7.46. The Labute approximate surface area is 75.6 Å². The van der Waals surface area contributed by atoms with E-state index in [0.29, 0.717) is 12.6 Å². The summed E-state index contributed by atoms with van der Waals surface area (Å²) in [5, 5.41) is 0. The summed E-state index contributed by atoms with van der Waals surface area (Å²) in [6, 6.07) is 0.457. The maximum absolute atomic E-state index is 12.0. The van der Waals surface area contributed by atoms with E-state index in [1.165, 1.54) is 0 Å². The summed E-state index contributed by atoms with van der Waals surface area (Å²) in [6.07, 6.45) is 1.92. The van der Waals surface area contributed by atoms with Gasteiger partial charge in [-0.2, -0.15) is 0 Å². The zero-order chi connectivity index (χ0) is 8.97. The van der Waals surface area contributed by atoms with Gasteiger partial charge in [-0.25, -0.2) is 4.39 Å². The van der Waals surface area contributed by atoms with E-state index in [4.69, 9.17) is 0 Å². The second-order valence-corrected chi connectivity index (χ2v) is 4.94. The van der Waals surface area contributed by atoms with Gasteiger partial charge in [-0.1, -0.05) is 0 Å². The number of nitrogens with zero attached hydrogens (tertiary/aromatic N) is 1. The van der Waals surface area contributed by atoms with E-state index in [-0.39, 0.29) is 6.67 Å². The highest BCUT2D eigenvalue weighted by Crippen LogP contribution is 2.14. The molecule has 12 heavy (non-hydrogen) atoms. The Kier molecular flexibility index (Phi) is 4.15. The molecule has 0 atom stereocenters. The van der Waals surface area contributed by atoms with Crippen LogP contribution >= 0.6 is 0 Å². The van der Waals surface area contributed by atoms with E-state index in [0.717, 1.165) is 24.3 Å². The molecule has 0 amide bonds. The lowest BCUT2D eigenvalue weighted by Crippen LogP contribution is -2.38. The van der Waals surface area contributed by atoms with Crippen LogP contribution in [0.25, 0.3) is 0 Å². The molecule has 1 rings (SSSR count). The molecule has 0 aliphatic carbocycles. The maximum Gasteiger partial charge on any atom is 0.102 e. The molecule has 1 fully saturated rings. The van der Waals surface area contributed by atoms with Gasteiger partial charge in [0, 0.05) is 34.9 Å². The van der Waals surface area contributed by atoms with Crippen LogP contribution in [0.3, 0.4) is 0 Å². The first-order chi connectivity index (χ1) is 5.74. The van der Waals surface area contributed by atoms with E-state index in [1.54, 1.807) is 0 Å². The quantitative estimate of drug-likeness (QED) is 0.661. The Balaban J connectivity index is 2.28. The molecule has 0 N–H and O–H groups in total. The van der Waals surface area contributed by atoms with E-state index >= 15 is 0 Å². The maximum atomic E-state index is 12.0. The molecule has 0 aromatic heterocycles. The van der Waals surface area contributed by atoms with Crippen molar-refractivity contribution in [1.82, 2.24) is 4.90 Å². The van der Waals surface area contributed by atoms with Gasteiger partial charge in [-0.15, -0.1) is 0 Å². The molecule has 0 spiro atoms. The van der Waals surface area contributed by atoms with Gasteiger partial charge in [-0.05, 0) is 19.9 Å². The number of alkyl halides is 1. The van der Waals surface area contributed by atoms with E-state index < -0.39 is 10.8 Å². The first-order valence-corrected chi connectivity index (χ1v) is 5.84. The van der Waals surface area contributed by atoms with Crippen LogP contribution in [0.15, 0.2) is 0 Å². The minimum Gasteiger partial charge on any atom is -0.301 e. The highest BCUT2D eigenvalue weighted by molar-refractivity contribution is 7.85. The van der Waals surface area contributed by atoms with Crippen molar-refractivity contribution in [2.45, 2.75) is 18.9 Å². The summed E-state index contributed by atoms with van der Waals surface area (Å²) in [6.45, 7) is 0.230. The van der Waals surface area contributed by atoms with Crippen molar-refractivity contribution >= 4 is 10.8 Å². The minimum absolute atomic E-state index is 0.282. The number of halogens is 1. The first kappa shape index (κ1) is 10.1. The van der Waals surface area contributed by atoms with Crippen LogP contribution in [-0.4, -0.2) is 46.9 Å². The summed E-state index contributed by atoms with van der Waals surface area (Å²) in [7, 11) is 1.34. The molecule has 0 aromatic carbocycles. The van der Waals surface area contributed by atoms with Gasteiger partial charge in [0.15, 0.2) is 0 Å². The summed E-state index contributed by atoms with van der Waals surface area (Å²) in [5.74, 6) is 1.59. The van der Waals surface area contributed by atoms with Crippen LogP contribution in [0, 0.1) is 0 Å². The Morgan fingerprint density at radius 1 is 1.50 bits per heavy atom. The molecule has 1 aliphatic heterocycles. The first-order valence-electron chi connectivity index (χ1n) is 4.35. The third-order valence-electron chi connectivity index (χ3n) is 2.42. The van der Waals surface area contributed by atoms with Gasteiger partial charge in [0.1, 0.15) is 6.67 Å². The predicted octanol–water partition coefficient (Wildman–Crippen LogP) is 0.799. The minimum atomic E-state index is -0.602. The lowest BCUT2D eigenvalue weighted by Gasteiger charge is -2.29. The molecule has 2 nitrogen and oxygen atoms in total. The van der Waals surface area contributed by atoms with Crippen molar-refractivity contribution in [2.75, 3.05) is 31.8 Å². The molecule has 1 saturated heterocycles. The third-order valence-corrected chi connectivity index (χ3v) is 3.80. The van der Waals surface area contributed by atoms with Crippen LogP contribution < -0.4 is 0 Å².